The van der Waals surface area contributed by atoms with E-state index in [-0.39, 0.29) is 30.5 Å². The third-order valence-electron chi connectivity index (χ3n) is 8.68. The summed E-state index contributed by atoms with van der Waals surface area (Å²) in [6, 6.07) is 23.2. The molecule has 3 aromatic carbocycles. The summed E-state index contributed by atoms with van der Waals surface area (Å²) in [6.45, 7) is 14.6. The van der Waals surface area contributed by atoms with Crippen molar-refractivity contribution in [3.8, 4) is 22.3 Å². The second kappa shape index (κ2) is 10.3. The SMILES string of the molecule is CC(C)(C)OC(=O)N1CCC[C@H]1c1nc2ccc(-c3ccc(-c4ccc(B5OC(C)(C)C(C)(C)O5)cc4)cc3)cc2[nH]1. The highest BCUT2D eigenvalue weighted by molar-refractivity contribution is 6.62. The first kappa shape index (κ1) is 28.5. The van der Waals surface area contributed by atoms with E-state index in [1.54, 1.807) is 4.90 Å². The summed E-state index contributed by atoms with van der Waals surface area (Å²) in [6.07, 6.45) is 1.51. The first-order valence-corrected chi connectivity index (χ1v) is 14.9. The average molecular weight is 566 g/mol. The summed E-state index contributed by atoms with van der Waals surface area (Å²) < 4.78 is 18.0. The number of aromatic nitrogens is 2. The molecule has 1 N–H and O–H groups in total. The Morgan fingerprint density at radius 3 is 2.05 bits per heavy atom. The highest BCUT2D eigenvalue weighted by Gasteiger charge is 2.51. The zero-order chi connectivity index (χ0) is 29.9. The molecule has 1 amide bonds. The van der Waals surface area contributed by atoms with Gasteiger partial charge in [-0.15, -0.1) is 0 Å². The molecular formula is C34H40BN3O4. The molecule has 0 aliphatic carbocycles. The van der Waals surface area contributed by atoms with E-state index < -0.39 is 5.60 Å². The van der Waals surface area contributed by atoms with Crippen LogP contribution in [0.2, 0.25) is 0 Å². The minimum atomic E-state index is -0.528. The molecular weight excluding hydrogens is 525 g/mol. The number of aromatic amines is 1. The van der Waals surface area contributed by atoms with Gasteiger partial charge in [0.1, 0.15) is 11.4 Å². The van der Waals surface area contributed by atoms with Crippen molar-refractivity contribution < 1.29 is 18.8 Å². The van der Waals surface area contributed by atoms with Gasteiger partial charge in [-0.1, -0.05) is 54.6 Å². The number of nitrogens with one attached hydrogen (secondary N) is 1. The molecule has 3 heterocycles. The van der Waals surface area contributed by atoms with E-state index in [4.69, 9.17) is 19.0 Å². The van der Waals surface area contributed by atoms with Crippen LogP contribution in [0, 0.1) is 0 Å². The molecule has 42 heavy (non-hydrogen) atoms. The first-order valence-electron chi connectivity index (χ1n) is 14.9. The van der Waals surface area contributed by atoms with Gasteiger partial charge >= 0.3 is 13.2 Å². The van der Waals surface area contributed by atoms with Gasteiger partial charge in [-0.2, -0.15) is 0 Å². The number of imidazole rings is 1. The van der Waals surface area contributed by atoms with Crippen LogP contribution in [-0.4, -0.2) is 51.4 Å². The van der Waals surface area contributed by atoms with E-state index in [0.29, 0.717) is 6.54 Å². The molecule has 0 radical (unpaired) electrons. The zero-order valence-corrected chi connectivity index (χ0v) is 25.7. The Bertz CT molecular complexity index is 1590. The van der Waals surface area contributed by atoms with E-state index in [0.717, 1.165) is 57.4 Å². The molecule has 0 saturated carbocycles. The molecule has 2 aliphatic rings. The first-order chi connectivity index (χ1) is 19.8. The summed E-state index contributed by atoms with van der Waals surface area (Å²) >= 11 is 0. The Hall–Kier alpha value is -3.62. The van der Waals surface area contributed by atoms with Gasteiger partial charge in [-0.25, -0.2) is 9.78 Å². The fourth-order valence-electron chi connectivity index (χ4n) is 5.62. The van der Waals surface area contributed by atoms with Gasteiger partial charge in [0.15, 0.2) is 0 Å². The number of hydrogen-bond donors (Lipinski definition) is 1. The smallest absolute Gasteiger partial charge is 0.444 e. The lowest BCUT2D eigenvalue weighted by Crippen LogP contribution is -2.41. The fraction of sp³-hybridized carbons (Fsp3) is 0.412. The van der Waals surface area contributed by atoms with Crippen LogP contribution in [0.1, 0.15) is 73.2 Å². The van der Waals surface area contributed by atoms with Crippen molar-refractivity contribution in [3.05, 3.63) is 72.6 Å². The molecule has 1 aromatic heterocycles. The van der Waals surface area contributed by atoms with Gasteiger partial charge in [0, 0.05) is 6.54 Å². The maximum atomic E-state index is 12.8. The summed E-state index contributed by atoms with van der Waals surface area (Å²) in [5.41, 5.74) is 6.15. The van der Waals surface area contributed by atoms with Gasteiger partial charge in [0.05, 0.1) is 28.3 Å². The normalized spacial score (nSPS) is 19.9. The number of fused-ring (bicyclic) bond motifs is 1. The van der Waals surface area contributed by atoms with Crippen LogP contribution in [0.15, 0.2) is 66.7 Å². The molecule has 2 aliphatic heterocycles. The van der Waals surface area contributed by atoms with Gasteiger partial charge in [0.25, 0.3) is 0 Å². The minimum Gasteiger partial charge on any atom is -0.444 e. The quantitative estimate of drug-likeness (QED) is 0.264. The van der Waals surface area contributed by atoms with E-state index in [1.165, 1.54) is 0 Å². The van der Waals surface area contributed by atoms with Crippen molar-refractivity contribution in [1.82, 2.24) is 14.9 Å². The second-order valence-corrected chi connectivity index (χ2v) is 13.5. The van der Waals surface area contributed by atoms with Crippen molar-refractivity contribution in [2.24, 2.45) is 0 Å². The molecule has 2 saturated heterocycles. The number of likely N-dealkylation sites (tertiary alicyclic amines) is 1. The standard InChI is InChI=1S/C34H40BN3O4/c1-32(2,3)40-31(39)38-20-8-9-29(38)30-36-27-19-16-25(21-28(27)37-30)24-12-10-22(11-13-24)23-14-17-26(18-15-23)35-41-33(4,5)34(6,7)42-35/h10-19,21,29H,8-9,20H2,1-7H3,(H,36,37)/t29-/m0/s1. The number of amides is 1. The Kier molecular flexibility index (Phi) is 6.98. The number of carbonyl (C=O) groups excluding carboxylic acids is 1. The molecule has 2 fully saturated rings. The number of hydrogen-bond acceptors (Lipinski definition) is 5. The third-order valence-corrected chi connectivity index (χ3v) is 8.68. The number of benzene rings is 3. The van der Waals surface area contributed by atoms with Crippen LogP contribution in [0.5, 0.6) is 0 Å². The van der Waals surface area contributed by atoms with E-state index in [9.17, 15) is 4.79 Å². The van der Waals surface area contributed by atoms with Crippen molar-refractivity contribution in [2.45, 2.75) is 84.2 Å². The zero-order valence-electron chi connectivity index (χ0n) is 25.7. The summed E-state index contributed by atoms with van der Waals surface area (Å²) in [7, 11) is -0.363. The number of H-pyrrole nitrogens is 1. The number of nitrogens with zero attached hydrogens (tertiary/aromatic N) is 2. The molecule has 0 unspecified atom stereocenters. The summed E-state index contributed by atoms with van der Waals surface area (Å²) in [5.74, 6) is 0.810. The van der Waals surface area contributed by atoms with Crippen LogP contribution in [0.4, 0.5) is 4.79 Å². The van der Waals surface area contributed by atoms with Crippen LogP contribution >= 0.6 is 0 Å². The fourth-order valence-corrected chi connectivity index (χ4v) is 5.62. The van der Waals surface area contributed by atoms with Crippen molar-refractivity contribution in [2.75, 3.05) is 6.54 Å². The van der Waals surface area contributed by atoms with Crippen molar-refractivity contribution in [3.63, 3.8) is 0 Å². The Labute approximate surface area is 248 Å². The van der Waals surface area contributed by atoms with Crippen molar-refractivity contribution in [1.29, 1.82) is 0 Å². The van der Waals surface area contributed by atoms with Crippen LogP contribution in [-0.2, 0) is 14.0 Å². The molecule has 8 heteroatoms. The topological polar surface area (TPSA) is 76.7 Å². The van der Waals surface area contributed by atoms with Gasteiger partial charge in [-0.3, -0.25) is 4.90 Å². The highest BCUT2D eigenvalue weighted by Crippen LogP contribution is 2.37. The summed E-state index contributed by atoms with van der Waals surface area (Å²) in [5, 5.41) is 0. The average Bonchev–Trinajstić information content (AvgIpc) is 3.63. The molecule has 6 rings (SSSR count). The van der Waals surface area contributed by atoms with E-state index in [1.807, 2.05) is 26.8 Å². The van der Waals surface area contributed by atoms with E-state index >= 15 is 0 Å². The predicted molar refractivity (Wildman–Crippen MR) is 168 cm³/mol. The van der Waals surface area contributed by atoms with Crippen LogP contribution in [0.25, 0.3) is 33.3 Å². The van der Waals surface area contributed by atoms with Gasteiger partial charge < -0.3 is 19.0 Å². The minimum absolute atomic E-state index is 0.105. The number of ether oxygens (including phenoxy) is 1. The van der Waals surface area contributed by atoms with Crippen LogP contribution in [0.3, 0.4) is 0 Å². The molecule has 1 atom stereocenters. The molecule has 7 nitrogen and oxygen atoms in total. The maximum absolute atomic E-state index is 12.8. The molecule has 4 aromatic rings. The Balaban J connectivity index is 1.17. The van der Waals surface area contributed by atoms with Crippen molar-refractivity contribution >= 4 is 29.7 Å². The Morgan fingerprint density at radius 1 is 0.905 bits per heavy atom. The number of rotatable bonds is 4. The lowest BCUT2D eigenvalue weighted by Gasteiger charge is -2.32. The molecule has 0 spiro atoms. The van der Waals surface area contributed by atoms with Gasteiger partial charge in [0.2, 0.25) is 0 Å². The lowest BCUT2D eigenvalue weighted by atomic mass is 9.78. The van der Waals surface area contributed by atoms with Crippen LogP contribution < -0.4 is 5.46 Å². The Morgan fingerprint density at radius 2 is 1.45 bits per heavy atom. The second-order valence-electron chi connectivity index (χ2n) is 13.5. The largest absolute Gasteiger partial charge is 0.494 e. The molecule has 218 valence electrons. The monoisotopic (exact) mass is 565 g/mol. The highest BCUT2D eigenvalue weighted by atomic mass is 16.7. The predicted octanol–water partition coefficient (Wildman–Crippen LogP) is 7.27. The lowest BCUT2D eigenvalue weighted by molar-refractivity contribution is 0.00578. The van der Waals surface area contributed by atoms with E-state index in [2.05, 4.69) is 93.3 Å². The number of carbonyl (C=O) groups is 1. The molecule has 0 bridgehead atoms. The summed E-state index contributed by atoms with van der Waals surface area (Å²) in [4.78, 5) is 22.9. The van der Waals surface area contributed by atoms with Gasteiger partial charge in [-0.05, 0) is 101 Å². The third kappa shape index (κ3) is 5.46. The maximum Gasteiger partial charge on any atom is 0.494 e.